The van der Waals surface area contributed by atoms with Crippen LogP contribution in [0.4, 0.5) is 4.39 Å². The van der Waals surface area contributed by atoms with Gasteiger partial charge in [-0.3, -0.25) is 0 Å². The third kappa shape index (κ3) is 3.30. The molecule has 21 heavy (non-hydrogen) atoms. The van der Waals surface area contributed by atoms with E-state index in [1.807, 2.05) is 0 Å². The van der Waals surface area contributed by atoms with Crippen molar-refractivity contribution in [3.05, 3.63) is 28.0 Å². The van der Waals surface area contributed by atoms with Crippen molar-refractivity contribution in [1.29, 1.82) is 0 Å². The van der Waals surface area contributed by atoms with E-state index < -0.39 is 27.0 Å². The Kier molecular flexibility index (Phi) is 5.07. The molecule has 2 rings (SSSR count). The van der Waals surface area contributed by atoms with E-state index in [1.165, 1.54) is 0 Å². The zero-order valence-electron chi connectivity index (χ0n) is 10.6. The van der Waals surface area contributed by atoms with Gasteiger partial charge < -0.3 is 10.5 Å². The lowest BCUT2D eigenvalue weighted by molar-refractivity contribution is 0.0386. The minimum absolute atomic E-state index is 0.0434. The van der Waals surface area contributed by atoms with Crippen LogP contribution < -0.4 is 5.73 Å². The number of thiocarbonyl (C=S) groups is 1. The van der Waals surface area contributed by atoms with Gasteiger partial charge in [0.05, 0.1) is 16.7 Å². The summed E-state index contributed by atoms with van der Waals surface area (Å²) >= 11 is 16.1. The van der Waals surface area contributed by atoms with Gasteiger partial charge in [-0.2, -0.15) is 4.31 Å². The SMILES string of the molecule is NC(=S)C1CN(S(=O)(=O)c2ccc(Cl)c(F)c2Cl)CCO1. The van der Waals surface area contributed by atoms with Crippen LogP contribution in [0.5, 0.6) is 0 Å². The van der Waals surface area contributed by atoms with Gasteiger partial charge in [0.25, 0.3) is 0 Å². The van der Waals surface area contributed by atoms with Crippen molar-refractivity contribution in [3.63, 3.8) is 0 Å². The summed E-state index contributed by atoms with van der Waals surface area (Å²) in [6, 6.07) is 2.30. The fourth-order valence-electron chi connectivity index (χ4n) is 1.86. The van der Waals surface area contributed by atoms with Gasteiger partial charge in [0, 0.05) is 13.1 Å². The number of sulfonamides is 1. The molecule has 2 N–H and O–H groups in total. The summed E-state index contributed by atoms with van der Waals surface area (Å²) in [6.07, 6.45) is -0.681. The molecule has 10 heteroatoms. The maximum atomic E-state index is 13.7. The third-order valence-corrected chi connectivity index (χ3v) is 5.91. The normalized spacial score (nSPS) is 20.4. The molecule has 0 bridgehead atoms. The summed E-state index contributed by atoms with van der Waals surface area (Å²) in [4.78, 5) is -0.294. The number of hydrogen-bond acceptors (Lipinski definition) is 4. The monoisotopic (exact) mass is 372 g/mol. The highest BCUT2D eigenvalue weighted by molar-refractivity contribution is 7.89. The largest absolute Gasteiger partial charge is 0.391 e. The number of rotatable bonds is 3. The fraction of sp³-hybridized carbons (Fsp3) is 0.364. The van der Waals surface area contributed by atoms with Gasteiger partial charge in [-0.15, -0.1) is 0 Å². The first-order valence-corrected chi connectivity index (χ1v) is 8.40. The highest BCUT2D eigenvalue weighted by Crippen LogP contribution is 2.31. The second kappa shape index (κ2) is 6.31. The molecule has 1 aliphatic rings. The van der Waals surface area contributed by atoms with Crippen LogP contribution in [0.3, 0.4) is 0 Å². The molecule has 1 aliphatic heterocycles. The third-order valence-electron chi connectivity index (χ3n) is 2.96. The summed E-state index contributed by atoms with van der Waals surface area (Å²) in [7, 11) is -3.99. The number of ether oxygens (including phenoxy) is 1. The topological polar surface area (TPSA) is 72.6 Å². The molecule has 0 saturated carbocycles. The number of nitrogens with two attached hydrogens (primary N) is 1. The minimum atomic E-state index is -3.99. The lowest BCUT2D eigenvalue weighted by Crippen LogP contribution is -2.49. The van der Waals surface area contributed by atoms with Crippen LogP contribution in [0.25, 0.3) is 0 Å². The standard InChI is InChI=1S/C11H11Cl2FN2O3S2/c12-6-1-2-8(9(13)10(6)14)21(17,18)16-3-4-19-7(5-16)11(15)20/h1-2,7H,3-5H2,(H2,15,20). The average molecular weight is 373 g/mol. The lowest BCUT2D eigenvalue weighted by Gasteiger charge is -2.31. The molecule has 1 heterocycles. The first kappa shape index (κ1) is 16.9. The molecule has 1 fully saturated rings. The van der Waals surface area contributed by atoms with Crippen molar-refractivity contribution in [2.24, 2.45) is 5.73 Å². The number of morpholine rings is 1. The smallest absolute Gasteiger partial charge is 0.244 e. The first-order chi connectivity index (χ1) is 9.75. The number of nitrogens with zero attached hydrogens (tertiary/aromatic N) is 1. The zero-order chi connectivity index (χ0) is 15.8. The van der Waals surface area contributed by atoms with Crippen molar-refractivity contribution < 1.29 is 17.5 Å². The molecule has 0 spiro atoms. The Morgan fingerprint density at radius 1 is 1.48 bits per heavy atom. The Morgan fingerprint density at radius 2 is 2.14 bits per heavy atom. The van der Waals surface area contributed by atoms with Crippen LogP contribution in [0, 0.1) is 5.82 Å². The molecule has 1 unspecified atom stereocenters. The average Bonchev–Trinajstić information content (AvgIpc) is 2.44. The van der Waals surface area contributed by atoms with Crippen molar-refractivity contribution in [2.75, 3.05) is 19.7 Å². The van der Waals surface area contributed by atoms with Gasteiger partial charge in [0.2, 0.25) is 10.0 Å². The van der Waals surface area contributed by atoms with Gasteiger partial charge in [-0.25, -0.2) is 12.8 Å². The first-order valence-electron chi connectivity index (χ1n) is 5.79. The van der Waals surface area contributed by atoms with Crippen molar-refractivity contribution in [2.45, 2.75) is 11.0 Å². The molecule has 0 amide bonds. The molecule has 1 atom stereocenters. The lowest BCUT2D eigenvalue weighted by atomic mass is 10.3. The molecular formula is C11H11Cl2FN2O3S2. The van der Waals surface area contributed by atoms with E-state index in [1.54, 1.807) is 0 Å². The van der Waals surface area contributed by atoms with Gasteiger partial charge in [0.15, 0.2) is 5.82 Å². The molecule has 1 aromatic carbocycles. The molecule has 1 aromatic rings. The molecule has 5 nitrogen and oxygen atoms in total. The summed E-state index contributed by atoms with van der Waals surface area (Å²) in [5.41, 5.74) is 5.47. The predicted molar refractivity (Wildman–Crippen MR) is 81.7 cm³/mol. The van der Waals surface area contributed by atoms with Crippen molar-refractivity contribution in [3.8, 4) is 0 Å². The van der Waals surface area contributed by atoms with Crippen LogP contribution in [0.15, 0.2) is 17.0 Å². The van der Waals surface area contributed by atoms with E-state index >= 15 is 0 Å². The van der Waals surface area contributed by atoms with Crippen LogP contribution in [-0.4, -0.2) is 43.5 Å². The molecule has 1 saturated heterocycles. The Morgan fingerprint density at radius 3 is 2.76 bits per heavy atom. The van der Waals surface area contributed by atoms with E-state index in [0.29, 0.717) is 0 Å². The van der Waals surface area contributed by atoms with E-state index in [4.69, 9.17) is 45.9 Å². The highest BCUT2D eigenvalue weighted by Gasteiger charge is 2.34. The second-order valence-corrected chi connectivity index (χ2v) is 7.46. The molecule has 116 valence electrons. The molecule has 0 aromatic heterocycles. The maximum Gasteiger partial charge on any atom is 0.244 e. The zero-order valence-corrected chi connectivity index (χ0v) is 13.7. The van der Waals surface area contributed by atoms with E-state index in [0.717, 1.165) is 16.4 Å². The Labute approximate surface area is 136 Å². The summed E-state index contributed by atoms with van der Waals surface area (Å²) in [5, 5.41) is -0.789. The Bertz CT molecular complexity index is 684. The van der Waals surface area contributed by atoms with Gasteiger partial charge in [-0.05, 0) is 12.1 Å². The van der Waals surface area contributed by atoms with Crippen molar-refractivity contribution in [1.82, 2.24) is 4.31 Å². The number of benzene rings is 1. The number of halogens is 3. The van der Waals surface area contributed by atoms with Gasteiger partial charge >= 0.3 is 0 Å². The fourth-order valence-corrected chi connectivity index (χ4v) is 4.15. The highest BCUT2D eigenvalue weighted by atomic mass is 35.5. The predicted octanol–water partition coefficient (Wildman–Crippen LogP) is 1.81. The minimum Gasteiger partial charge on any atom is -0.391 e. The Hall–Kier alpha value is -0.510. The number of hydrogen-bond donors (Lipinski definition) is 1. The van der Waals surface area contributed by atoms with Crippen LogP contribution in [-0.2, 0) is 14.8 Å². The summed E-state index contributed by atoms with van der Waals surface area (Å²) in [6.45, 7) is 0.190. The molecular weight excluding hydrogens is 362 g/mol. The molecule has 0 radical (unpaired) electrons. The van der Waals surface area contributed by atoms with Crippen molar-refractivity contribution >= 4 is 50.4 Å². The van der Waals surface area contributed by atoms with Crippen LogP contribution in [0.2, 0.25) is 10.0 Å². The quantitative estimate of drug-likeness (QED) is 0.646. The second-order valence-electron chi connectivity index (χ2n) is 4.30. The maximum absolute atomic E-state index is 13.7. The van der Waals surface area contributed by atoms with E-state index in [2.05, 4.69) is 0 Å². The summed E-state index contributed by atoms with van der Waals surface area (Å²) < 4.78 is 45.1. The van der Waals surface area contributed by atoms with Crippen LogP contribution >= 0.6 is 35.4 Å². The van der Waals surface area contributed by atoms with Gasteiger partial charge in [0.1, 0.15) is 16.0 Å². The van der Waals surface area contributed by atoms with Gasteiger partial charge in [-0.1, -0.05) is 35.4 Å². The Balaban J connectivity index is 2.38. The summed E-state index contributed by atoms with van der Waals surface area (Å²) in [5.74, 6) is -0.974. The van der Waals surface area contributed by atoms with Crippen LogP contribution in [0.1, 0.15) is 0 Å². The van der Waals surface area contributed by atoms with E-state index in [9.17, 15) is 12.8 Å². The molecule has 0 aliphatic carbocycles. The van der Waals surface area contributed by atoms with E-state index in [-0.39, 0.29) is 34.6 Å².